The quantitative estimate of drug-likeness (QED) is 0.439. The Bertz CT molecular complexity index is 343. The molecular formula is C11H13NO2S2. The van der Waals surface area contributed by atoms with Gasteiger partial charge in [0.15, 0.2) is 5.78 Å². The van der Waals surface area contributed by atoms with E-state index in [1.54, 1.807) is 12.1 Å². The van der Waals surface area contributed by atoms with Gasteiger partial charge in [0.2, 0.25) is 0 Å². The average Bonchev–Trinajstić information content (AvgIpc) is 2.35. The van der Waals surface area contributed by atoms with Gasteiger partial charge >= 0.3 is 0 Å². The Kier molecular flexibility index (Phi) is 6.25. The largest absolute Gasteiger partial charge is 0.394 e. The zero-order chi connectivity index (χ0) is 11.8. The summed E-state index contributed by atoms with van der Waals surface area (Å²) in [6.07, 6.45) is 0. The highest BCUT2D eigenvalue weighted by molar-refractivity contribution is 7.98. The molecule has 1 aromatic carbocycles. The Balaban J connectivity index is 2.34. The van der Waals surface area contributed by atoms with E-state index in [9.17, 15) is 4.79 Å². The number of carbonyl (C=O) groups is 1. The van der Waals surface area contributed by atoms with Gasteiger partial charge in [0.1, 0.15) is 0 Å². The number of rotatable bonds is 7. The third-order valence-electron chi connectivity index (χ3n) is 1.89. The Morgan fingerprint density at radius 3 is 2.75 bits per heavy atom. The molecule has 0 aromatic heterocycles. The van der Waals surface area contributed by atoms with Crippen LogP contribution in [0.5, 0.6) is 0 Å². The van der Waals surface area contributed by atoms with E-state index in [0.717, 1.165) is 0 Å². The molecule has 0 heterocycles. The lowest BCUT2D eigenvalue weighted by atomic mass is 10.2. The number of aliphatic hydroxyl groups is 1. The van der Waals surface area contributed by atoms with E-state index in [-0.39, 0.29) is 18.4 Å². The fraction of sp³-hybridized carbons (Fsp3) is 0.273. The SMILES string of the molecule is O=C(CSN[C@H](C=S)CO)c1ccccc1. The number of aliphatic hydroxyl groups excluding tert-OH is 1. The molecule has 86 valence electrons. The average molecular weight is 255 g/mol. The van der Waals surface area contributed by atoms with Crippen LogP contribution in [0.25, 0.3) is 0 Å². The second-order valence-electron chi connectivity index (χ2n) is 3.12. The van der Waals surface area contributed by atoms with Crippen molar-refractivity contribution < 1.29 is 9.90 Å². The summed E-state index contributed by atoms with van der Waals surface area (Å²) < 4.78 is 2.91. The van der Waals surface area contributed by atoms with Crippen LogP contribution in [0.15, 0.2) is 30.3 Å². The highest BCUT2D eigenvalue weighted by atomic mass is 32.2. The fourth-order valence-electron chi connectivity index (χ4n) is 1.03. The summed E-state index contributed by atoms with van der Waals surface area (Å²) in [4.78, 5) is 11.6. The molecule has 0 bridgehead atoms. The maximum atomic E-state index is 11.6. The summed E-state index contributed by atoms with van der Waals surface area (Å²) in [5.74, 6) is 0.378. The molecule has 0 amide bonds. The first kappa shape index (κ1) is 13.3. The van der Waals surface area contributed by atoms with Gasteiger partial charge < -0.3 is 5.11 Å². The van der Waals surface area contributed by atoms with Crippen molar-refractivity contribution in [2.75, 3.05) is 12.4 Å². The van der Waals surface area contributed by atoms with Crippen LogP contribution < -0.4 is 4.72 Å². The Labute approximate surface area is 104 Å². The topological polar surface area (TPSA) is 49.3 Å². The number of nitrogens with one attached hydrogen (secondary N) is 1. The second-order valence-corrected chi connectivity index (χ2v) is 4.21. The maximum absolute atomic E-state index is 11.6. The standard InChI is InChI=1S/C11H13NO2S2/c13-6-10(7-15)12-16-8-11(14)9-4-2-1-3-5-9/h1-5,7,10,12-13H,6,8H2/t10-/m0/s1. The van der Waals surface area contributed by atoms with Gasteiger partial charge in [-0.2, -0.15) is 0 Å². The van der Waals surface area contributed by atoms with Crippen molar-refractivity contribution in [3.8, 4) is 0 Å². The van der Waals surface area contributed by atoms with Gasteiger partial charge in [0, 0.05) is 5.56 Å². The molecule has 0 aliphatic heterocycles. The van der Waals surface area contributed by atoms with E-state index in [4.69, 9.17) is 17.3 Å². The summed E-state index contributed by atoms with van der Waals surface area (Å²) in [5.41, 5.74) is 0.694. The Morgan fingerprint density at radius 2 is 2.19 bits per heavy atom. The van der Waals surface area contributed by atoms with Crippen LogP contribution in [0.1, 0.15) is 10.4 Å². The van der Waals surface area contributed by atoms with Gasteiger partial charge in [-0.15, -0.1) is 0 Å². The smallest absolute Gasteiger partial charge is 0.174 e. The first-order chi connectivity index (χ1) is 7.77. The van der Waals surface area contributed by atoms with Gasteiger partial charge in [-0.1, -0.05) is 54.5 Å². The minimum absolute atomic E-state index is 0.0548. The van der Waals surface area contributed by atoms with Crippen molar-refractivity contribution in [2.45, 2.75) is 6.04 Å². The monoisotopic (exact) mass is 255 g/mol. The van der Waals surface area contributed by atoms with Crippen LogP contribution in [-0.4, -0.2) is 34.7 Å². The number of hydrogen-bond acceptors (Lipinski definition) is 5. The van der Waals surface area contributed by atoms with E-state index in [1.807, 2.05) is 18.2 Å². The predicted molar refractivity (Wildman–Crippen MR) is 70.9 cm³/mol. The Morgan fingerprint density at radius 1 is 1.50 bits per heavy atom. The summed E-state index contributed by atoms with van der Waals surface area (Å²) in [6.45, 7) is -0.0595. The van der Waals surface area contributed by atoms with Gasteiger partial charge in [-0.05, 0) is 5.37 Å². The van der Waals surface area contributed by atoms with Crippen LogP contribution in [0, 0.1) is 0 Å². The summed E-state index contributed by atoms with van der Waals surface area (Å²) in [5, 5.41) is 10.3. The molecule has 0 spiro atoms. The van der Waals surface area contributed by atoms with E-state index >= 15 is 0 Å². The van der Waals surface area contributed by atoms with Crippen molar-refractivity contribution in [1.82, 2.24) is 4.72 Å². The molecule has 5 heteroatoms. The van der Waals surface area contributed by atoms with Gasteiger partial charge in [-0.3, -0.25) is 9.52 Å². The van der Waals surface area contributed by atoms with Crippen LogP contribution in [-0.2, 0) is 0 Å². The normalized spacial score (nSPS) is 12.1. The van der Waals surface area contributed by atoms with Crippen LogP contribution in [0.3, 0.4) is 0 Å². The van der Waals surface area contributed by atoms with Crippen molar-refractivity contribution in [3.05, 3.63) is 35.9 Å². The van der Waals surface area contributed by atoms with Crippen molar-refractivity contribution in [3.63, 3.8) is 0 Å². The van der Waals surface area contributed by atoms with Crippen molar-refractivity contribution in [2.24, 2.45) is 0 Å². The van der Waals surface area contributed by atoms with Gasteiger partial charge in [0.25, 0.3) is 0 Å². The molecule has 0 radical (unpaired) electrons. The van der Waals surface area contributed by atoms with E-state index in [0.29, 0.717) is 11.3 Å². The number of benzene rings is 1. The lowest BCUT2D eigenvalue weighted by Crippen LogP contribution is -2.28. The lowest BCUT2D eigenvalue weighted by Gasteiger charge is -2.09. The molecule has 0 aliphatic rings. The molecule has 1 rings (SSSR count). The molecular weight excluding hydrogens is 242 g/mol. The second kappa shape index (κ2) is 7.51. The van der Waals surface area contributed by atoms with Crippen LogP contribution in [0.2, 0.25) is 0 Å². The molecule has 0 saturated carbocycles. The van der Waals surface area contributed by atoms with Gasteiger partial charge in [-0.25, -0.2) is 0 Å². The summed E-state index contributed by atoms with van der Waals surface area (Å²) >= 11 is 5.96. The minimum atomic E-state index is -0.247. The number of Topliss-reactive ketones (excluding diaryl/α,β-unsaturated/α-hetero) is 1. The highest BCUT2D eigenvalue weighted by Crippen LogP contribution is 2.05. The molecule has 0 aliphatic carbocycles. The first-order valence-electron chi connectivity index (χ1n) is 4.79. The molecule has 0 unspecified atom stereocenters. The van der Waals surface area contributed by atoms with Crippen molar-refractivity contribution in [1.29, 1.82) is 0 Å². The summed E-state index contributed by atoms with van der Waals surface area (Å²) in [7, 11) is 0. The highest BCUT2D eigenvalue weighted by Gasteiger charge is 2.07. The van der Waals surface area contributed by atoms with Crippen molar-refractivity contribution >= 4 is 35.3 Å². The first-order valence-corrected chi connectivity index (χ1v) is 6.25. The molecule has 16 heavy (non-hydrogen) atoms. The van der Waals surface area contributed by atoms with Crippen LogP contribution in [0.4, 0.5) is 0 Å². The molecule has 1 atom stereocenters. The molecule has 0 fully saturated rings. The van der Waals surface area contributed by atoms with E-state index in [1.165, 1.54) is 17.3 Å². The zero-order valence-corrected chi connectivity index (χ0v) is 10.3. The molecule has 1 aromatic rings. The number of ketones is 1. The van der Waals surface area contributed by atoms with E-state index in [2.05, 4.69) is 4.72 Å². The number of hydrogen-bond donors (Lipinski definition) is 2. The predicted octanol–water partition coefficient (Wildman–Crippen LogP) is 1.47. The number of thiocarbonyl (C=S) groups is 1. The maximum Gasteiger partial charge on any atom is 0.174 e. The number of carbonyl (C=O) groups excluding carboxylic acids is 1. The third-order valence-corrected chi connectivity index (χ3v) is 3.10. The fourth-order valence-corrected chi connectivity index (χ4v) is 2.01. The summed E-state index contributed by atoms with van der Waals surface area (Å²) in [6, 6.07) is 8.86. The molecule has 3 nitrogen and oxygen atoms in total. The third kappa shape index (κ3) is 4.40. The Hall–Kier alpha value is -0.750. The molecule has 2 N–H and O–H groups in total. The zero-order valence-electron chi connectivity index (χ0n) is 8.63. The lowest BCUT2D eigenvalue weighted by molar-refractivity contribution is 0.102. The minimum Gasteiger partial charge on any atom is -0.394 e. The molecule has 0 saturated heterocycles. The van der Waals surface area contributed by atoms with Gasteiger partial charge in [0.05, 0.1) is 18.4 Å². The van der Waals surface area contributed by atoms with E-state index < -0.39 is 0 Å². The van der Waals surface area contributed by atoms with Crippen LogP contribution >= 0.6 is 24.2 Å².